The molecule has 0 bridgehead atoms. The molecule has 0 unspecified atom stereocenters. The van der Waals surface area contributed by atoms with Crippen LogP contribution in [0.4, 0.5) is 5.00 Å². The van der Waals surface area contributed by atoms with E-state index in [1.54, 1.807) is 13.0 Å². The Labute approximate surface area is 126 Å². The smallest absolute Gasteiger partial charge is 0.340 e. The van der Waals surface area contributed by atoms with Gasteiger partial charge in [0.1, 0.15) is 10.6 Å². The van der Waals surface area contributed by atoms with Crippen LogP contribution in [0.1, 0.15) is 27.2 Å². The molecule has 6 heteroatoms. The Morgan fingerprint density at radius 1 is 1.24 bits per heavy atom. The van der Waals surface area contributed by atoms with Crippen molar-refractivity contribution in [3.63, 3.8) is 0 Å². The van der Waals surface area contributed by atoms with Crippen LogP contribution in [-0.2, 0) is 4.79 Å². The van der Waals surface area contributed by atoms with Crippen LogP contribution in [0.15, 0.2) is 30.3 Å². The van der Waals surface area contributed by atoms with Gasteiger partial charge in [0.2, 0.25) is 5.91 Å². The molecule has 108 valence electrons. The summed E-state index contributed by atoms with van der Waals surface area (Å²) in [6.07, 6.45) is 3.04. The monoisotopic (exact) mass is 302 g/mol. The van der Waals surface area contributed by atoms with Crippen LogP contribution in [0.25, 0.3) is 6.08 Å². The highest BCUT2D eigenvalue weighted by molar-refractivity contribution is 7.11. The lowest BCUT2D eigenvalue weighted by atomic mass is 10.1. The van der Waals surface area contributed by atoms with Crippen LogP contribution in [0.5, 0.6) is 0 Å². The summed E-state index contributed by atoms with van der Waals surface area (Å²) in [6.45, 7) is 3.58. The second-order valence-electron chi connectivity index (χ2n) is 4.51. The van der Waals surface area contributed by atoms with Gasteiger partial charge in [-0.25, -0.2) is 4.79 Å². The number of hydrogen-bond acceptors (Lipinski definition) is 4. The molecule has 0 aliphatic carbocycles. The van der Waals surface area contributed by atoms with Crippen molar-refractivity contribution in [3.05, 3.63) is 52.7 Å². The number of hydrogen-bond donors (Lipinski definition) is 2. The average molecular weight is 302 g/mol. The van der Waals surface area contributed by atoms with Gasteiger partial charge < -0.3 is 10.4 Å². The number of carbonyl (C=O) groups excluding carboxylic acids is 1. The zero-order chi connectivity index (χ0) is 15.4. The molecular formula is C15H14N2O3S. The fraction of sp³-hybridized carbons (Fsp3) is 0.133. The van der Waals surface area contributed by atoms with Gasteiger partial charge >= 0.3 is 5.97 Å². The van der Waals surface area contributed by atoms with E-state index in [2.05, 4.69) is 9.69 Å². The first-order chi connectivity index (χ1) is 9.97. The number of carboxylic acids is 1. The summed E-state index contributed by atoms with van der Waals surface area (Å²) < 4.78 is 3.94. The number of anilines is 1. The Bertz CT molecular complexity index is 702. The Morgan fingerprint density at radius 2 is 1.90 bits per heavy atom. The van der Waals surface area contributed by atoms with Crippen molar-refractivity contribution in [1.82, 2.24) is 4.37 Å². The predicted molar refractivity (Wildman–Crippen MR) is 82.7 cm³/mol. The molecule has 0 atom stereocenters. The Morgan fingerprint density at radius 3 is 2.52 bits per heavy atom. The first kappa shape index (κ1) is 14.9. The molecule has 2 N–H and O–H groups in total. The fourth-order valence-corrected chi connectivity index (χ4v) is 2.50. The quantitative estimate of drug-likeness (QED) is 0.850. The summed E-state index contributed by atoms with van der Waals surface area (Å²) in [5, 5.41) is 11.9. The number of aromatic nitrogens is 1. The van der Waals surface area contributed by atoms with E-state index >= 15 is 0 Å². The van der Waals surface area contributed by atoms with Crippen molar-refractivity contribution in [2.45, 2.75) is 13.8 Å². The van der Waals surface area contributed by atoms with Gasteiger partial charge in [0.05, 0.1) is 5.69 Å². The van der Waals surface area contributed by atoms with Gasteiger partial charge in [-0.15, -0.1) is 0 Å². The van der Waals surface area contributed by atoms with Gasteiger partial charge in [0, 0.05) is 6.08 Å². The van der Waals surface area contributed by atoms with E-state index in [1.807, 2.05) is 31.2 Å². The van der Waals surface area contributed by atoms with Gasteiger partial charge in [-0.1, -0.05) is 29.8 Å². The topological polar surface area (TPSA) is 79.3 Å². The number of aryl methyl sites for hydroxylation is 2. The van der Waals surface area contributed by atoms with Gasteiger partial charge in [-0.05, 0) is 37.0 Å². The molecule has 2 aromatic rings. The summed E-state index contributed by atoms with van der Waals surface area (Å²) in [4.78, 5) is 22.9. The maximum Gasteiger partial charge on any atom is 0.340 e. The zero-order valence-electron chi connectivity index (χ0n) is 11.6. The maximum absolute atomic E-state index is 11.8. The molecular weight excluding hydrogens is 288 g/mol. The van der Waals surface area contributed by atoms with Crippen molar-refractivity contribution < 1.29 is 14.7 Å². The molecule has 5 nitrogen and oxygen atoms in total. The summed E-state index contributed by atoms with van der Waals surface area (Å²) in [7, 11) is 0. The Kier molecular flexibility index (Phi) is 4.49. The van der Waals surface area contributed by atoms with Crippen LogP contribution >= 0.6 is 11.5 Å². The molecule has 0 aliphatic rings. The highest BCUT2D eigenvalue weighted by Crippen LogP contribution is 2.24. The van der Waals surface area contributed by atoms with E-state index in [-0.39, 0.29) is 16.5 Å². The molecule has 0 fully saturated rings. The van der Waals surface area contributed by atoms with E-state index in [1.165, 1.54) is 6.08 Å². The largest absolute Gasteiger partial charge is 0.478 e. The fourth-order valence-electron chi connectivity index (χ4n) is 1.71. The van der Waals surface area contributed by atoms with E-state index in [9.17, 15) is 9.59 Å². The third-order valence-electron chi connectivity index (χ3n) is 2.82. The van der Waals surface area contributed by atoms with Crippen LogP contribution in [-0.4, -0.2) is 21.4 Å². The SMILES string of the molecule is Cc1ccc(/C=C/C(=O)Nc2snc(C)c2C(=O)O)cc1. The summed E-state index contributed by atoms with van der Waals surface area (Å²) in [6, 6.07) is 7.70. The minimum Gasteiger partial charge on any atom is -0.478 e. The molecule has 0 radical (unpaired) electrons. The van der Waals surface area contributed by atoms with Crippen LogP contribution in [0, 0.1) is 13.8 Å². The summed E-state index contributed by atoms with van der Waals surface area (Å²) in [5.41, 5.74) is 2.47. The number of nitrogens with one attached hydrogen (secondary N) is 1. The van der Waals surface area contributed by atoms with Crippen molar-refractivity contribution >= 4 is 34.5 Å². The Hall–Kier alpha value is -2.47. The first-order valence-corrected chi connectivity index (χ1v) is 7.00. The van der Waals surface area contributed by atoms with Gasteiger partial charge in [-0.3, -0.25) is 4.79 Å². The number of rotatable bonds is 4. The van der Waals surface area contributed by atoms with E-state index in [0.717, 1.165) is 22.7 Å². The van der Waals surface area contributed by atoms with Crippen LogP contribution in [0.3, 0.4) is 0 Å². The molecule has 1 heterocycles. The standard InChI is InChI=1S/C15H14N2O3S/c1-9-3-5-11(6-4-9)7-8-12(18)16-14-13(15(19)20)10(2)17-21-14/h3-8H,1-2H3,(H,16,18)(H,19,20)/b8-7+. The molecule has 0 saturated carbocycles. The molecule has 0 spiro atoms. The second kappa shape index (κ2) is 6.32. The van der Waals surface area contributed by atoms with Crippen molar-refractivity contribution in [2.75, 3.05) is 5.32 Å². The van der Waals surface area contributed by atoms with E-state index < -0.39 is 5.97 Å². The molecule has 0 aliphatic heterocycles. The molecule has 1 aromatic carbocycles. The molecule has 21 heavy (non-hydrogen) atoms. The third-order valence-corrected chi connectivity index (χ3v) is 3.67. The lowest BCUT2D eigenvalue weighted by molar-refractivity contribution is -0.111. The van der Waals surface area contributed by atoms with Crippen LogP contribution in [0.2, 0.25) is 0 Å². The summed E-state index contributed by atoms with van der Waals surface area (Å²) in [5.74, 6) is -1.49. The van der Waals surface area contributed by atoms with Crippen molar-refractivity contribution in [2.24, 2.45) is 0 Å². The van der Waals surface area contributed by atoms with Gasteiger partial charge in [-0.2, -0.15) is 4.37 Å². The van der Waals surface area contributed by atoms with Crippen molar-refractivity contribution in [3.8, 4) is 0 Å². The Balaban J connectivity index is 2.08. The number of carbonyl (C=O) groups is 2. The number of nitrogens with zero attached hydrogens (tertiary/aromatic N) is 1. The molecule has 1 aromatic heterocycles. The molecule has 0 saturated heterocycles. The van der Waals surface area contributed by atoms with E-state index in [0.29, 0.717) is 5.69 Å². The summed E-state index contributed by atoms with van der Waals surface area (Å²) >= 11 is 0.960. The first-order valence-electron chi connectivity index (χ1n) is 6.22. The number of aromatic carboxylic acids is 1. The normalized spacial score (nSPS) is 10.8. The van der Waals surface area contributed by atoms with E-state index in [4.69, 9.17) is 5.11 Å². The van der Waals surface area contributed by atoms with Crippen molar-refractivity contribution in [1.29, 1.82) is 0 Å². The number of benzene rings is 1. The minimum atomic E-state index is -1.10. The highest BCUT2D eigenvalue weighted by Gasteiger charge is 2.18. The third kappa shape index (κ3) is 3.76. The zero-order valence-corrected chi connectivity index (χ0v) is 12.4. The number of carboxylic acid groups (broad SMARTS) is 1. The number of amides is 1. The lowest BCUT2D eigenvalue weighted by Gasteiger charge is -2.00. The maximum atomic E-state index is 11.8. The average Bonchev–Trinajstić information content (AvgIpc) is 2.79. The predicted octanol–water partition coefficient (Wildman–Crippen LogP) is 3.11. The highest BCUT2D eigenvalue weighted by atomic mass is 32.1. The van der Waals surface area contributed by atoms with Crippen LogP contribution < -0.4 is 5.32 Å². The second-order valence-corrected chi connectivity index (χ2v) is 5.28. The van der Waals surface area contributed by atoms with Gasteiger partial charge in [0.25, 0.3) is 0 Å². The van der Waals surface area contributed by atoms with Gasteiger partial charge in [0.15, 0.2) is 0 Å². The lowest BCUT2D eigenvalue weighted by Crippen LogP contribution is -2.10. The molecule has 1 amide bonds. The minimum absolute atomic E-state index is 0.0390. The molecule has 2 rings (SSSR count).